The van der Waals surface area contributed by atoms with E-state index < -0.39 is 0 Å². The van der Waals surface area contributed by atoms with E-state index in [0.717, 1.165) is 33.5 Å². The highest BCUT2D eigenvalue weighted by Crippen LogP contribution is 2.24. The minimum Gasteiger partial charge on any atom is -0.476 e. The summed E-state index contributed by atoms with van der Waals surface area (Å²) in [5.41, 5.74) is 6.74. The maximum atomic E-state index is 12.9. The number of anilines is 1. The lowest BCUT2D eigenvalue weighted by Crippen LogP contribution is -2.17. The third-order valence-electron chi connectivity index (χ3n) is 4.60. The Hall–Kier alpha value is -2.95. The van der Waals surface area contributed by atoms with E-state index in [0.29, 0.717) is 12.1 Å². The highest BCUT2D eigenvalue weighted by molar-refractivity contribution is 6.05. The quantitative estimate of drug-likeness (QED) is 0.752. The van der Waals surface area contributed by atoms with Gasteiger partial charge < -0.3 is 10.1 Å². The number of ether oxygens (including phenoxy) is 1. The topological polar surface area (TPSA) is 64.1 Å². The van der Waals surface area contributed by atoms with Gasteiger partial charge in [0, 0.05) is 5.69 Å². The summed E-state index contributed by atoms with van der Waals surface area (Å²) in [7, 11) is 0. The number of amides is 1. The van der Waals surface area contributed by atoms with Gasteiger partial charge in [-0.15, -0.1) is 0 Å². The van der Waals surface area contributed by atoms with Crippen LogP contribution in [-0.2, 0) is 0 Å². The van der Waals surface area contributed by atoms with Gasteiger partial charge in [0.05, 0.1) is 17.6 Å². The number of fused-ring (bicyclic) bond motifs is 1. The second-order valence-electron chi connectivity index (χ2n) is 6.44. The molecule has 0 aliphatic rings. The molecule has 1 heterocycles. The molecule has 1 aromatic heterocycles. The average Bonchev–Trinajstić information content (AvgIpc) is 2.60. The lowest BCUT2D eigenvalue weighted by molar-refractivity contribution is 0.101. The Kier molecular flexibility index (Phi) is 4.89. The van der Waals surface area contributed by atoms with Gasteiger partial charge in [0.25, 0.3) is 5.91 Å². The first-order chi connectivity index (χ1) is 12.4. The molecule has 0 fully saturated rings. The van der Waals surface area contributed by atoms with Crippen LogP contribution in [0.25, 0.3) is 11.0 Å². The predicted molar refractivity (Wildman–Crippen MR) is 104 cm³/mol. The molecule has 0 radical (unpaired) electrons. The first kappa shape index (κ1) is 17.9. The van der Waals surface area contributed by atoms with Crippen molar-refractivity contribution >= 4 is 22.6 Å². The molecule has 0 spiro atoms. The summed E-state index contributed by atoms with van der Waals surface area (Å²) in [6.07, 6.45) is 0. The van der Waals surface area contributed by atoms with Gasteiger partial charge in [-0.25, -0.2) is 9.97 Å². The van der Waals surface area contributed by atoms with E-state index in [1.807, 2.05) is 65.0 Å². The average molecular weight is 349 g/mol. The molecule has 5 heteroatoms. The van der Waals surface area contributed by atoms with E-state index >= 15 is 0 Å². The molecule has 2 aromatic carbocycles. The Morgan fingerprint density at radius 1 is 1.00 bits per heavy atom. The third kappa shape index (κ3) is 3.38. The van der Waals surface area contributed by atoms with Crippen molar-refractivity contribution in [3.63, 3.8) is 0 Å². The van der Waals surface area contributed by atoms with E-state index in [2.05, 4.69) is 15.3 Å². The summed E-state index contributed by atoms with van der Waals surface area (Å²) < 4.78 is 5.59. The number of rotatable bonds is 4. The number of aryl methyl sites for hydroxylation is 3. The van der Waals surface area contributed by atoms with Gasteiger partial charge in [0.2, 0.25) is 5.88 Å². The van der Waals surface area contributed by atoms with E-state index in [-0.39, 0.29) is 17.5 Å². The second-order valence-corrected chi connectivity index (χ2v) is 6.44. The van der Waals surface area contributed by atoms with Crippen molar-refractivity contribution in [1.29, 1.82) is 0 Å². The lowest BCUT2D eigenvalue weighted by atomic mass is 10.1. The largest absolute Gasteiger partial charge is 0.476 e. The molecule has 0 bridgehead atoms. The first-order valence-electron chi connectivity index (χ1n) is 8.70. The van der Waals surface area contributed by atoms with Crippen LogP contribution in [-0.4, -0.2) is 22.5 Å². The van der Waals surface area contributed by atoms with Crippen molar-refractivity contribution in [3.05, 3.63) is 58.3 Å². The zero-order valence-electron chi connectivity index (χ0n) is 15.8. The van der Waals surface area contributed by atoms with Gasteiger partial charge in [-0.1, -0.05) is 12.1 Å². The molecule has 0 aliphatic carbocycles. The Labute approximate surface area is 153 Å². The Morgan fingerprint density at radius 3 is 2.31 bits per heavy atom. The zero-order chi connectivity index (χ0) is 18.8. The molecule has 3 aromatic rings. The Balaban J connectivity index is 2.06. The minimum atomic E-state index is -0.324. The number of nitrogens with one attached hydrogen (secondary N) is 1. The van der Waals surface area contributed by atoms with Crippen molar-refractivity contribution in [2.45, 2.75) is 34.6 Å². The monoisotopic (exact) mass is 349 g/mol. The van der Waals surface area contributed by atoms with Crippen LogP contribution >= 0.6 is 0 Å². The minimum absolute atomic E-state index is 0.198. The van der Waals surface area contributed by atoms with Crippen LogP contribution < -0.4 is 10.1 Å². The summed E-state index contributed by atoms with van der Waals surface area (Å²) in [6, 6.07) is 9.72. The molecule has 0 unspecified atom stereocenters. The fraction of sp³-hybridized carbons (Fsp3) is 0.286. The van der Waals surface area contributed by atoms with Crippen LogP contribution in [0.15, 0.2) is 30.3 Å². The van der Waals surface area contributed by atoms with Gasteiger partial charge in [-0.05, 0) is 75.1 Å². The lowest BCUT2D eigenvalue weighted by Gasteiger charge is -2.13. The summed E-state index contributed by atoms with van der Waals surface area (Å²) in [5.74, 6) is -0.0687. The predicted octanol–water partition coefficient (Wildman–Crippen LogP) is 4.51. The molecule has 5 nitrogen and oxygen atoms in total. The smallest absolute Gasteiger partial charge is 0.279 e. The van der Waals surface area contributed by atoms with Crippen molar-refractivity contribution < 1.29 is 9.53 Å². The second kappa shape index (κ2) is 7.12. The highest BCUT2D eigenvalue weighted by atomic mass is 16.5. The van der Waals surface area contributed by atoms with Crippen LogP contribution in [0.2, 0.25) is 0 Å². The third-order valence-corrected chi connectivity index (χ3v) is 4.60. The maximum Gasteiger partial charge on any atom is 0.279 e. The van der Waals surface area contributed by atoms with Gasteiger partial charge in [0.1, 0.15) is 0 Å². The number of carbonyl (C=O) groups is 1. The number of hydrogen-bond donors (Lipinski definition) is 1. The van der Waals surface area contributed by atoms with Crippen LogP contribution in [0.3, 0.4) is 0 Å². The molecule has 1 N–H and O–H groups in total. The first-order valence-corrected chi connectivity index (χ1v) is 8.70. The maximum absolute atomic E-state index is 12.9. The number of nitrogens with zero attached hydrogens (tertiary/aromatic N) is 2. The molecule has 0 aliphatic heterocycles. The van der Waals surface area contributed by atoms with Crippen LogP contribution in [0.1, 0.15) is 39.7 Å². The Bertz CT molecular complexity index is 996. The summed E-state index contributed by atoms with van der Waals surface area (Å²) >= 11 is 0. The van der Waals surface area contributed by atoms with Crippen LogP contribution in [0.4, 0.5) is 5.69 Å². The molecule has 0 saturated carbocycles. The van der Waals surface area contributed by atoms with Gasteiger partial charge in [-0.2, -0.15) is 0 Å². The molecule has 0 atom stereocenters. The number of hydrogen-bond acceptors (Lipinski definition) is 4. The summed E-state index contributed by atoms with van der Waals surface area (Å²) in [4.78, 5) is 21.9. The van der Waals surface area contributed by atoms with Crippen molar-refractivity contribution in [2.75, 3.05) is 11.9 Å². The Morgan fingerprint density at radius 2 is 1.65 bits per heavy atom. The fourth-order valence-corrected chi connectivity index (χ4v) is 2.75. The van der Waals surface area contributed by atoms with Crippen LogP contribution in [0, 0.1) is 27.7 Å². The van der Waals surface area contributed by atoms with Gasteiger partial charge in [-0.3, -0.25) is 4.79 Å². The highest BCUT2D eigenvalue weighted by Gasteiger charge is 2.19. The van der Waals surface area contributed by atoms with Crippen molar-refractivity contribution in [1.82, 2.24) is 9.97 Å². The van der Waals surface area contributed by atoms with E-state index in [9.17, 15) is 4.79 Å². The molecule has 3 rings (SSSR count). The number of benzene rings is 2. The molecule has 134 valence electrons. The van der Waals surface area contributed by atoms with Crippen molar-refractivity contribution in [3.8, 4) is 5.88 Å². The van der Waals surface area contributed by atoms with Gasteiger partial charge >= 0.3 is 0 Å². The molecular weight excluding hydrogens is 326 g/mol. The SMILES string of the molecule is CCOc1nc2cc(C)c(C)cc2nc1C(=O)Nc1cccc(C)c1C. The molecule has 1 amide bonds. The standard InChI is InChI=1S/C21H23N3O2/c1-6-26-21-19(20(25)23-16-9-7-8-12(2)15(16)5)22-17-10-13(3)14(4)11-18(17)24-21/h7-11H,6H2,1-5H3,(H,23,25). The number of aromatic nitrogens is 2. The zero-order valence-corrected chi connectivity index (χ0v) is 15.8. The van der Waals surface area contributed by atoms with Crippen LogP contribution in [0.5, 0.6) is 5.88 Å². The van der Waals surface area contributed by atoms with Gasteiger partial charge in [0.15, 0.2) is 5.69 Å². The molecule has 26 heavy (non-hydrogen) atoms. The molecular formula is C21H23N3O2. The molecule has 0 saturated heterocycles. The normalized spacial score (nSPS) is 10.8. The summed E-state index contributed by atoms with van der Waals surface area (Å²) in [6.45, 7) is 10.3. The fourth-order valence-electron chi connectivity index (χ4n) is 2.75. The number of carbonyl (C=O) groups excluding carboxylic acids is 1. The van der Waals surface area contributed by atoms with E-state index in [1.54, 1.807) is 0 Å². The van der Waals surface area contributed by atoms with E-state index in [4.69, 9.17) is 4.74 Å². The van der Waals surface area contributed by atoms with E-state index in [1.165, 1.54) is 0 Å². The van der Waals surface area contributed by atoms with Crippen molar-refractivity contribution in [2.24, 2.45) is 0 Å². The summed E-state index contributed by atoms with van der Waals surface area (Å²) in [5, 5.41) is 2.94.